The van der Waals surface area contributed by atoms with Gasteiger partial charge in [-0.1, -0.05) is 13.2 Å². The third kappa shape index (κ3) is 2.12. The molecule has 0 aliphatic carbocycles. The first-order valence-electron chi connectivity index (χ1n) is 4.02. The van der Waals surface area contributed by atoms with Crippen LogP contribution in [0.1, 0.15) is 12.8 Å². The van der Waals surface area contributed by atoms with Gasteiger partial charge in [0.2, 0.25) is 0 Å². The third-order valence-electron chi connectivity index (χ3n) is 1.81. The van der Waals surface area contributed by atoms with E-state index in [1.165, 1.54) is 6.08 Å². The first-order chi connectivity index (χ1) is 5.74. The van der Waals surface area contributed by atoms with Crippen molar-refractivity contribution in [3.8, 4) is 0 Å². The number of hydrogen-bond acceptors (Lipinski definition) is 2. The van der Waals surface area contributed by atoms with Crippen molar-refractivity contribution < 1.29 is 9.53 Å². The second-order valence-electron chi connectivity index (χ2n) is 2.73. The van der Waals surface area contributed by atoms with E-state index in [9.17, 15) is 4.79 Å². The molecule has 3 nitrogen and oxygen atoms in total. The predicted octanol–water partition coefficient (Wildman–Crippen LogP) is 1.92. The molecule has 0 radical (unpaired) electrons. The summed E-state index contributed by atoms with van der Waals surface area (Å²) in [5.41, 5.74) is 0. The number of nitrogens with zero attached hydrogens (tertiary/aromatic N) is 1. The van der Waals surface area contributed by atoms with E-state index in [0.29, 0.717) is 5.76 Å². The van der Waals surface area contributed by atoms with Gasteiger partial charge in [0.05, 0.1) is 0 Å². The van der Waals surface area contributed by atoms with Crippen molar-refractivity contribution in [1.82, 2.24) is 4.90 Å². The molecule has 1 rings (SSSR count). The zero-order chi connectivity index (χ0) is 8.97. The van der Waals surface area contributed by atoms with Crippen LogP contribution < -0.4 is 0 Å². The third-order valence-corrected chi connectivity index (χ3v) is 1.81. The highest BCUT2D eigenvalue weighted by atomic mass is 16.6. The van der Waals surface area contributed by atoms with E-state index >= 15 is 0 Å². The molecule has 1 saturated heterocycles. The molecule has 12 heavy (non-hydrogen) atoms. The lowest BCUT2D eigenvalue weighted by Gasteiger charge is -2.14. The Labute approximate surface area is 72.3 Å². The molecule has 0 unspecified atom stereocenters. The lowest BCUT2D eigenvalue weighted by Crippen LogP contribution is -2.27. The minimum absolute atomic E-state index is 0.308. The van der Waals surface area contributed by atoms with Crippen molar-refractivity contribution in [2.24, 2.45) is 0 Å². The fraction of sp³-hybridized carbons (Fsp3) is 0.444. The first kappa shape index (κ1) is 8.84. The van der Waals surface area contributed by atoms with Crippen LogP contribution in [0.5, 0.6) is 0 Å². The Morgan fingerprint density at radius 2 is 2.00 bits per heavy atom. The Hall–Kier alpha value is -1.25. The maximum atomic E-state index is 11.2. The molecule has 0 atom stereocenters. The van der Waals surface area contributed by atoms with E-state index in [-0.39, 0.29) is 6.09 Å². The molecule has 3 heteroatoms. The van der Waals surface area contributed by atoms with Gasteiger partial charge >= 0.3 is 6.09 Å². The van der Waals surface area contributed by atoms with E-state index < -0.39 is 0 Å². The number of allylic oxidation sites excluding steroid dienone is 1. The van der Waals surface area contributed by atoms with Crippen LogP contribution >= 0.6 is 0 Å². The summed E-state index contributed by atoms with van der Waals surface area (Å²) in [6, 6.07) is 0. The standard InChI is InChI=1S/C9H13NO2/c1-3-8(2)12-9(11)10-6-4-5-7-10/h3H,1-2,4-7H2. The summed E-state index contributed by atoms with van der Waals surface area (Å²) in [5.74, 6) is 0.312. The summed E-state index contributed by atoms with van der Waals surface area (Å²) in [6.45, 7) is 8.53. The predicted molar refractivity (Wildman–Crippen MR) is 46.6 cm³/mol. The van der Waals surface area contributed by atoms with Gasteiger partial charge in [-0.05, 0) is 18.9 Å². The van der Waals surface area contributed by atoms with Gasteiger partial charge in [0, 0.05) is 13.1 Å². The van der Waals surface area contributed by atoms with Crippen molar-refractivity contribution in [1.29, 1.82) is 0 Å². The molecule has 0 N–H and O–H groups in total. The molecule has 1 aliphatic heterocycles. The fourth-order valence-corrected chi connectivity index (χ4v) is 1.12. The Morgan fingerprint density at radius 1 is 1.42 bits per heavy atom. The number of rotatable bonds is 2. The quantitative estimate of drug-likeness (QED) is 0.464. The lowest BCUT2D eigenvalue weighted by atomic mass is 10.4. The zero-order valence-corrected chi connectivity index (χ0v) is 7.08. The van der Waals surface area contributed by atoms with Crippen LogP contribution in [0.4, 0.5) is 4.79 Å². The Balaban J connectivity index is 2.36. The van der Waals surface area contributed by atoms with Crippen LogP contribution in [-0.4, -0.2) is 24.1 Å². The van der Waals surface area contributed by atoms with Crippen molar-refractivity contribution >= 4 is 6.09 Å². The van der Waals surface area contributed by atoms with Crippen LogP contribution in [0, 0.1) is 0 Å². The monoisotopic (exact) mass is 167 g/mol. The van der Waals surface area contributed by atoms with E-state index in [2.05, 4.69) is 13.2 Å². The molecule has 66 valence electrons. The molecule has 1 amide bonds. The molecule has 0 aromatic rings. The highest BCUT2D eigenvalue weighted by molar-refractivity contribution is 5.69. The largest absolute Gasteiger partial charge is 0.415 e. The van der Waals surface area contributed by atoms with Gasteiger partial charge < -0.3 is 9.64 Å². The van der Waals surface area contributed by atoms with Gasteiger partial charge in [-0.2, -0.15) is 0 Å². The van der Waals surface area contributed by atoms with Gasteiger partial charge in [-0.3, -0.25) is 0 Å². The number of amides is 1. The van der Waals surface area contributed by atoms with Gasteiger partial charge in [0.1, 0.15) is 5.76 Å². The minimum atomic E-state index is -0.308. The molecular weight excluding hydrogens is 154 g/mol. The molecule has 0 aromatic carbocycles. The number of carbonyl (C=O) groups excluding carboxylic acids is 1. The average Bonchev–Trinajstić information content (AvgIpc) is 2.56. The van der Waals surface area contributed by atoms with Crippen LogP contribution in [0.2, 0.25) is 0 Å². The second kappa shape index (κ2) is 3.95. The van der Waals surface area contributed by atoms with E-state index in [1.54, 1.807) is 4.90 Å². The molecule has 0 aromatic heterocycles. The lowest BCUT2D eigenvalue weighted by molar-refractivity contribution is 0.141. The van der Waals surface area contributed by atoms with Crippen molar-refractivity contribution in [3.05, 3.63) is 25.0 Å². The topological polar surface area (TPSA) is 29.5 Å². The number of hydrogen-bond donors (Lipinski definition) is 0. The molecule has 1 heterocycles. The first-order valence-corrected chi connectivity index (χ1v) is 4.02. The number of carbonyl (C=O) groups is 1. The highest BCUT2D eigenvalue weighted by Crippen LogP contribution is 2.10. The molecule has 0 spiro atoms. The Kier molecular flexibility index (Phi) is 2.91. The average molecular weight is 167 g/mol. The van der Waals surface area contributed by atoms with Crippen LogP contribution in [0.15, 0.2) is 25.0 Å². The molecule has 1 aliphatic rings. The molecule has 0 saturated carbocycles. The van der Waals surface area contributed by atoms with Crippen molar-refractivity contribution in [2.45, 2.75) is 12.8 Å². The van der Waals surface area contributed by atoms with Gasteiger partial charge in [0.25, 0.3) is 0 Å². The smallest absolute Gasteiger partial charge is 0.411 e. The summed E-state index contributed by atoms with van der Waals surface area (Å²) in [7, 11) is 0. The summed E-state index contributed by atoms with van der Waals surface area (Å²) in [4.78, 5) is 12.9. The summed E-state index contributed by atoms with van der Waals surface area (Å²) in [5, 5.41) is 0. The van der Waals surface area contributed by atoms with Gasteiger partial charge in [0.15, 0.2) is 0 Å². The summed E-state index contributed by atoms with van der Waals surface area (Å²) < 4.78 is 4.86. The van der Waals surface area contributed by atoms with Crippen molar-refractivity contribution in [2.75, 3.05) is 13.1 Å². The molecule has 1 fully saturated rings. The van der Waals surface area contributed by atoms with E-state index in [0.717, 1.165) is 25.9 Å². The maximum absolute atomic E-state index is 11.2. The molecule has 0 bridgehead atoms. The summed E-state index contributed by atoms with van der Waals surface area (Å²) in [6.07, 6.45) is 3.25. The maximum Gasteiger partial charge on any atom is 0.415 e. The zero-order valence-electron chi connectivity index (χ0n) is 7.08. The minimum Gasteiger partial charge on any atom is -0.411 e. The second-order valence-corrected chi connectivity index (χ2v) is 2.73. The van der Waals surface area contributed by atoms with Crippen molar-refractivity contribution in [3.63, 3.8) is 0 Å². The summed E-state index contributed by atoms with van der Waals surface area (Å²) >= 11 is 0. The normalized spacial score (nSPS) is 15.8. The van der Waals surface area contributed by atoms with E-state index in [1.807, 2.05) is 0 Å². The SMILES string of the molecule is C=CC(=C)OC(=O)N1CCCC1. The number of likely N-dealkylation sites (tertiary alicyclic amines) is 1. The van der Waals surface area contributed by atoms with Crippen LogP contribution in [0.25, 0.3) is 0 Å². The van der Waals surface area contributed by atoms with Crippen LogP contribution in [0.3, 0.4) is 0 Å². The highest BCUT2D eigenvalue weighted by Gasteiger charge is 2.19. The van der Waals surface area contributed by atoms with Gasteiger partial charge in [-0.15, -0.1) is 0 Å². The van der Waals surface area contributed by atoms with Gasteiger partial charge in [-0.25, -0.2) is 4.79 Å². The fourth-order valence-electron chi connectivity index (χ4n) is 1.12. The Bertz CT molecular complexity index is 205. The Morgan fingerprint density at radius 3 is 2.50 bits per heavy atom. The number of ether oxygens (including phenoxy) is 1. The van der Waals surface area contributed by atoms with Crippen LogP contribution in [-0.2, 0) is 4.74 Å². The molecular formula is C9H13NO2. The van der Waals surface area contributed by atoms with E-state index in [4.69, 9.17) is 4.74 Å².